The topological polar surface area (TPSA) is 52.6 Å². The van der Waals surface area contributed by atoms with E-state index in [1.54, 1.807) is 6.92 Å². The Morgan fingerprint density at radius 1 is 1.55 bits per heavy atom. The maximum absolute atomic E-state index is 11.0. The van der Waals surface area contributed by atoms with Crippen LogP contribution in [0.4, 0.5) is 0 Å². The summed E-state index contributed by atoms with van der Waals surface area (Å²) in [4.78, 5) is 0. The maximum Gasteiger partial charge on any atom is 0.274 e. The first-order valence-electron chi connectivity index (χ1n) is 3.60. The Kier molecular flexibility index (Phi) is 2.51. The van der Waals surface area contributed by atoms with E-state index in [0.29, 0.717) is 6.42 Å². The third-order valence-electron chi connectivity index (χ3n) is 1.58. The van der Waals surface area contributed by atoms with Crippen LogP contribution >= 0.6 is 0 Å². The van der Waals surface area contributed by atoms with E-state index in [1.165, 1.54) is 0 Å². The summed E-state index contributed by atoms with van der Waals surface area (Å²) in [6.07, 6.45) is -0.0115. The SMILES string of the molecule is CCC1OCC(C)S(=O)(=O)O1. The minimum absolute atomic E-state index is 0.237. The van der Waals surface area contributed by atoms with E-state index < -0.39 is 21.7 Å². The second kappa shape index (κ2) is 3.08. The molecule has 0 aromatic heterocycles. The lowest BCUT2D eigenvalue weighted by Gasteiger charge is -2.25. The second-order valence-electron chi connectivity index (χ2n) is 2.57. The molecular formula is C6H12O4S. The lowest BCUT2D eigenvalue weighted by atomic mass is 10.4. The van der Waals surface area contributed by atoms with Gasteiger partial charge in [-0.1, -0.05) is 6.92 Å². The highest BCUT2D eigenvalue weighted by molar-refractivity contribution is 7.87. The molecule has 1 aliphatic rings. The molecule has 5 heteroatoms. The van der Waals surface area contributed by atoms with Crippen molar-refractivity contribution in [3.05, 3.63) is 0 Å². The molecule has 1 rings (SSSR count). The summed E-state index contributed by atoms with van der Waals surface area (Å²) in [5.74, 6) is 0. The van der Waals surface area contributed by atoms with Crippen molar-refractivity contribution in [2.24, 2.45) is 0 Å². The van der Waals surface area contributed by atoms with Crippen LogP contribution in [0.1, 0.15) is 20.3 Å². The van der Waals surface area contributed by atoms with Gasteiger partial charge in [-0.05, 0) is 13.3 Å². The van der Waals surface area contributed by atoms with Crippen LogP contribution in [0.15, 0.2) is 0 Å². The van der Waals surface area contributed by atoms with E-state index in [0.717, 1.165) is 0 Å². The predicted molar refractivity (Wildman–Crippen MR) is 39.5 cm³/mol. The van der Waals surface area contributed by atoms with Gasteiger partial charge in [0.25, 0.3) is 10.1 Å². The van der Waals surface area contributed by atoms with E-state index in [2.05, 4.69) is 4.18 Å². The van der Waals surface area contributed by atoms with Crippen molar-refractivity contribution in [2.75, 3.05) is 6.61 Å². The molecule has 0 aromatic carbocycles. The molecule has 1 fully saturated rings. The molecule has 11 heavy (non-hydrogen) atoms. The molecule has 0 aliphatic carbocycles. The molecule has 0 radical (unpaired) electrons. The van der Waals surface area contributed by atoms with Crippen molar-refractivity contribution in [3.8, 4) is 0 Å². The Bertz CT molecular complexity index is 221. The molecule has 1 aliphatic heterocycles. The highest BCUT2D eigenvalue weighted by Crippen LogP contribution is 2.17. The van der Waals surface area contributed by atoms with Crippen molar-refractivity contribution < 1.29 is 17.3 Å². The fraction of sp³-hybridized carbons (Fsp3) is 1.00. The Morgan fingerprint density at radius 3 is 2.64 bits per heavy atom. The van der Waals surface area contributed by atoms with Crippen LogP contribution in [0.3, 0.4) is 0 Å². The van der Waals surface area contributed by atoms with Crippen molar-refractivity contribution in [1.29, 1.82) is 0 Å². The molecule has 0 amide bonds. The Morgan fingerprint density at radius 2 is 2.18 bits per heavy atom. The molecule has 1 heterocycles. The van der Waals surface area contributed by atoms with Crippen LogP contribution in [0.25, 0.3) is 0 Å². The standard InChI is InChI=1S/C6H12O4S/c1-3-6-9-4-5(2)11(7,8)10-6/h5-6H,3-4H2,1-2H3. The van der Waals surface area contributed by atoms with Gasteiger partial charge < -0.3 is 4.74 Å². The number of ether oxygens (including phenoxy) is 1. The van der Waals surface area contributed by atoms with Gasteiger partial charge in [0.05, 0.1) is 6.61 Å². The zero-order valence-electron chi connectivity index (χ0n) is 6.61. The number of hydrogen-bond donors (Lipinski definition) is 0. The summed E-state index contributed by atoms with van der Waals surface area (Å²) in [6.45, 7) is 3.62. The van der Waals surface area contributed by atoms with Gasteiger partial charge in [0, 0.05) is 0 Å². The molecule has 0 saturated carbocycles. The van der Waals surface area contributed by atoms with Gasteiger partial charge in [0.1, 0.15) is 5.25 Å². The summed E-state index contributed by atoms with van der Waals surface area (Å²) in [5.41, 5.74) is 0. The van der Waals surface area contributed by atoms with Crippen molar-refractivity contribution in [1.82, 2.24) is 0 Å². The molecule has 66 valence electrons. The van der Waals surface area contributed by atoms with Gasteiger partial charge in [-0.25, -0.2) is 4.18 Å². The third kappa shape index (κ3) is 1.91. The summed E-state index contributed by atoms with van der Waals surface area (Å²) in [6, 6.07) is 0. The van der Waals surface area contributed by atoms with Gasteiger partial charge in [0.2, 0.25) is 0 Å². The summed E-state index contributed by atoms with van der Waals surface area (Å²) < 4.78 is 31.9. The van der Waals surface area contributed by atoms with E-state index in [9.17, 15) is 8.42 Å². The zero-order chi connectivity index (χ0) is 8.48. The van der Waals surface area contributed by atoms with Gasteiger partial charge >= 0.3 is 0 Å². The molecule has 2 atom stereocenters. The number of rotatable bonds is 1. The largest absolute Gasteiger partial charge is 0.350 e. The Labute approximate surface area is 66.6 Å². The van der Waals surface area contributed by atoms with Crippen molar-refractivity contribution in [2.45, 2.75) is 31.8 Å². The van der Waals surface area contributed by atoms with E-state index >= 15 is 0 Å². The molecule has 0 aromatic rings. The second-order valence-corrected chi connectivity index (χ2v) is 4.55. The number of hydrogen-bond acceptors (Lipinski definition) is 4. The van der Waals surface area contributed by atoms with E-state index in [-0.39, 0.29) is 6.61 Å². The summed E-state index contributed by atoms with van der Waals surface area (Å²) >= 11 is 0. The fourth-order valence-electron chi connectivity index (χ4n) is 0.784. The van der Waals surface area contributed by atoms with Gasteiger partial charge in [0.15, 0.2) is 6.29 Å². The lowest BCUT2D eigenvalue weighted by molar-refractivity contribution is -0.0941. The smallest absolute Gasteiger partial charge is 0.274 e. The van der Waals surface area contributed by atoms with Crippen LogP contribution in [-0.4, -0.2) is 26.6 Å². The van der Waals surface area contributed by atoms with Crippen LogP contribution in [0.5, 0.6) is 0 Å². The summed E-state index contributed by atoms with van der Waals surface area (Å²) in [5, 5.41) is -0.537. The van der Waals surface area contributed by atoms with Crippen LogP contribution in [-0.2, 0) is 19.0 Å². The van der Waals surface area contributed by atoms with Crippen LogP contribution < -0.4 is 0 Å². The normalized spacial score (nSPS) is 36.9. The minimum Gasteiger partial charge on any atom is -0.350 e. The zero-order valence-corrected chi connectivity index (χ0v) is 7.43. The fourth-order valence-corrected chi connectivity index (χ4v) is 1.71. The average molecular weight is 180 g/mol. The van der Waals surface area contributed by atoms with Crippen molar-refractivity contribution in [3.63, 3.8) is 0 Å². The first-order chi connectivity index (χ1) is 5.06. The van der Waals surface area contributed by atoms with E-state index in [1.807, 2.05) is 6.92 Å². The monoisotopic (exact) mass is 180 g/mol. The van der Waals surface area contributed by atoms with Crippen LogP contribution in [0.2, 0.25) is 0 Å². The van der Waals surface area contributed by atoms with Gasteiger partial charge in [-0.15, -0.1) is 0 Å². The molecule has 1 saturated heterocycles. The summed E-state index contributed by atoms with van der Waals surface area (Å²) in [7, 11) is -3.35. The molecule has 4 nitrogen and oxygen atoms in total. The predicted octanol–water partition coefficient (Wildman–Crippen LogP) is 0.488. The van der Waals surface area contributed by atoms with Gasteiger partial charge in [-0.2, -0.15) is 8.42 Å². The Hall–Kier alpha value is -0.130. The molecule has 2 unspecified atom stereocenters. The highest BCUT2D eigenvalue weighted by atomic mass is 32.2. The molecular weight excluding hydrogens is 168 g/mol. The lowest BCUT2D eigenvalue weighted by Crippen LogP contribution is -2.37. The molecule has 0 N–H and O–H groups in total. The molecule has 0 bridgehead atoms. The van der Waals surface area contributed by atoms with Gasteiger partial charge in [-0.3, -0.25) is 0 Å². The third-order valence-corrected chi connectivity index (χ3v) is 3.19. The minimum atomic E-state index is -3.35. The van der Waals surface area contributed by atoms with Crippen LogP contribution in [0, 0.1) is 0 Å². The highest BCUT2D eigenvalue weighted by Gasteiger charge is 2.31. The maximum atomic E-state index is 11.0. The van der Waals surface area contributed by atoms with E-state index in [4.69, 9.17) is 4.74 Å². The quantitative estimate of drug-likeness (QED) is 0.551. The molecule has 0 spiro atoms. The average Bonchev–Trinajstić information content (AvgIpc) is 1.95. The van der Waals surface area contributed by atoms with Crippen molar-refractivity contribution >= 4 is 10.1 Å². The Balaban J connectivity index is 2.67. The first kappa shape index (κ1) is 8.96. The first-order valence-corrected chi connectivity index (χ1v) is 5.07.